The first-order valence-electron chi connectivity index (χ1n) is 8.80. The van der Waals surface area contributed by atoms with Gasteiger partial charge in [-0.15, -0.1) is 0 Å². The van der Waals surface area contributed by atoms with E-state index in [1.54, 1.807) is 0 Å². The van der Waals surface area contributed by atoms with Gasteiger partial charge >= 0.3 is 0 Å². The summed E-state index contributed by atoms with van der Waals surface area (Å²) in [6.45, 7) is 5.14. The van der Waals surface area contributed by atoms with Gasteiger partial charge in [0.05, 0.1) is 18.8 Å². The van der Waals surface area contributed by atoms with Gasteiger partial charge in [-0.05, 0) is 55.5 Å². The largest absolute Gasteiger partial charge is 0.510 e. The van der Waals surface area contributed by atoms with Crippen molar-refractivity contribution in [2.75, 3.05) is 13.2 Å². The number of hydrogen-bond acceptors (Lipinski definition) is 5. The second kappa shape index (κ2) is 5.96. The van der Waals surface area contributed by atoms with Crippen molar-refractivity contribution in [1.29, 1.82) is 0 Å². The number of benzene rings is 1. The molecule has 1 saturated carbocycles. The Morgan fingerprint density at radius 2 is 1.64 bits per heavy atom. The van der Waals surface area contributed by atoms with E-state index in [0.717, 1.165) is 16.7 Å². The summed E-state index contributed by atoms with van der Waals surface area (Å²) in [6.07, 6.45) is 1.81. The highest BCUT2D eigenvalue weighted by atomic mass is 35.5. The van der Waals surface area contributed by atoms with Gasteiger partial charge in [0.25, 0.3) is 0 Å². The summed E-state index contributed by atoms with van der Waals surface area (Å²) in [7, 11) is 0. The van der Waals surface area contributed by atoms with Crippen LogP contribution in [0.3, 0.4) is 0 Å². The summed E-state index contributed by atoms with van der Waals surface area (Å²) in [5.41, 5.74) is 2.70. The lowest BCUT2D eigenvalue weighted by Gasteiger charge is -2.41. The Labute approximate surface area is 152 Å². The van der Waals surface area contributed by atoms with Crippen LogP contribution in [0.15, 0.2) is 17.9 Å². The maximum Gasteiger partial charge on any atom is 0.168 e. The van der Waals surface area contributed by atoms with Crippen LogP contribution >= 0.6 is 11.6 Å². The van der Waals surface area contributed by atoms with Gasteiger partial charge in [0.1, 0.15) is 12.0 Å². The molecule has 0 amide bonds. The molecule has 3 N–H and O–H groups in total. The summed E-state index contributed by atoms with van der Waals surface area (Å²) in [5, 5.41) is 25.6. The van der Waals surface area contributed by atoms with Crippen LogP contribution in [0.25, 0.3) is 5.57 Å². The molecule has 1 aromatic rings. The Morgan fingerprint density at radius 3 is 2.20 bits per heavy atom. The van der Waals surface area contributed by atoms with Gasteiger partial charge in [-0.2, -0.15) is 0 Å². The van der Waals surface area contributed by atoms with E-state index in [-0.39, 0.29) is 5.76 Å². The number of ether oxygens (including phenoxy) is 2. The predicted octanol–water partition coefficient (Wildman–Crippen LogP) is 3.20. The van der Waals surface area contributed by atoms with Crippen LogP contribution in [-0.4, -0.2) is 41.0 Å². The lowest BCUT2D eigenvalue weighted by Crippen LogP contribution is -2.52. The van der Waals surface area contributed by atoms with Gasteiger partial charge in [-0.25, -0.2) is 0 Å². The molecule has 0 bridgehead atoms. The topological polar surface area (TPSA) is 71.0 Å². The molecule has 0 radical (unpaired) electrons. The summed E-state index contributed by atoms with van der Waals surface area (Å²) in [4.78, 5) is 0. The van der Waals surface area contributed by atoms with Crippen molar-refractivity contribution in [3.8, 4) is 0 Å². The SMILES string of the molecule is Cc1cc(Cl)cc(C)c1C1=C(O)C2(CCC3(CC2)OCCO3)NC1O. The second-order valence-corrected chi connectivity index (χ2v) is 7.85. The zero-order valence-corrected chi connectivity index (χ0v) is 15.3. The summed E-state index contributed by atoms with van der Waals surface area (Å²) in [6, 6.07) is 3.72. The number of rotatable bonds is 1. The standard InChI is InChI=1S/C19H24ClNO4/c1-11-9-13(20)10-12(2)14(11)15-16(22)18(21-17(15)23)3-5-19(6-4-18)24-7-8-25-19/h9-10,17,21-23H,3-8H2,1-2H3. The van der Waals surface area contributed by atoms with E-state index >= 15 is 0 Å². The van der Waals surface area contributed by atoms with E-state index in [0.29, 0.717) is 49.5 Å². The van der Waals surface area contributed by atoms with Crippen LogP contribution in [0.1, 0.15) is 42.4 Å². The number of halogens is 1. The van der Waals surface area contributed by atoms with Crippen molar-refractivity contribution >= 4 is 17.2 Å². The van der Waals surface area contributed by atoms with Crippen LogP contribution in [0.4, 0.5) is 0 Å². The van der Waals surface area contributed by atoms with Gasteiger partial charge < -0.3 is 19.7 Å². The monoisotopic (exact) mass is 365 g/mol. The third-order valence-electron chi connectivity index (χ3n) is 5.84. The molecule has 1 unspecified atom stereocenters. The molecule has 4 rings (SSSR count). The van der Waals surface area contributed by atoms with Gasteiger partial charge in [0.15, 0.2) is 5.79 Å². The van der Waals surface area contributed by atoms with Crippen molar-refractivity contribution in [1.82, 2.24) is 5.32 Å². The lowest BCUT2D eigenvalue weighted by molar-refractivity contribution is -0.185. The fourth-order valence-corrected chi connectivity index (χ4v) is 4.93. The zero-order valence-electron chi connectivity index (χ0n) is 14.6. The van der Waals surface area contributed by atoms with E-state index in [4.69, 9.17) is 21.1 Å². The summed E-state index contributed by atoms with van der Waals surface area (Å²) < 4.78 is 11.6. The maximum atomic E-state index is 11.1. The molecule has 1 aromatic carbocycles. The Kier molecular flexibility index (Phi) is 4.13. The van der Waals surface area contributed by atoms with Gasteiger partial charge in [0.2, 0.25) is 0 Å². The van der Waals surface area contributed by atoms with Crippen molar-refractivity contribution in [3.63, 3.8) is 0 Å². The van der Waals surface area contributed by atoms with Gasteiger partial charge in [-0.1, -0.05) is 11.6 Å². The normalized spacial score (nSPS) is 27.6. The molecule has 2 fully saturated rings. The van der Waals surface area contributed by atoms with Gasteiger partial charge in [-0.3, -0.25) is 5.32 Å². The fraction of sp³-hybridized carbons (Fsp3) is 0.579. The second-order valence-electron chi connectivity index (χ2n) is 7.41. The third-order valence-corrected chi connectivity index (χ3v) is 6.06. The first-order chi connectivity index (χ1) is 11.9. The van der Waals surface area contributed by atoms with Gasteiger partial charge in [0, 0.05) is 23.4 Å². The number of nitrogens with one attached hydrogen (secondary N) is 1. The fourth-order valence-electron chi connectivity index (χ4n) is 4.60. The van der Waals surface area contributed by atoms with Crippen LogP contribution in [0.2, 0.25) is 5.02 Å². The van der Waals surface area contributed by atoms with Crippen LogP contribution in [0.5, 0.6) is 0 Å². The number of hydrogen-bond donors (Lipinski definition) is 3. The molecule has 6 heteroatoms. The Bertz CT molecular complexity index is 706. The lowest BCUT2D eigenvalue weighted by atomic mass is 9.77. The molecule has 136 valence electrons. The highest BCUT2D eigenvalue weighted by Crippen LogP contribution is 2.48. The molecular formula is C19H24ClNO4. The quantitative estimate of drug-likeness (QED) is 0.713. The minimum absolute atomic E-state index is 0.237. The summed E-state index contributed by atoms with van der Waals surface area (Å²) in [5.74, 6) is -0.270. The first kappa shape index (κ1) is 17.3. The average molecular weight is 366 g/mol. The molecule has 2 aliphatic heterocycles. The van der Waals surface area contributed by atoms with E-state index < -0.39 is 17.6 Å². The average Bonchev–Trinajstić information content (AvgIpc) is 3.09. The van der Waals surface area contributed by atoms with Crippen molar-refractivity contribution < 1.29 is 19.7 Å². The van der Waals surface area contributed by atoms with Crippen molar-refractivity contribution in [2.24, 2.45) is 0 Å². The molecule has 0 aromatic heterocycles. The Hall–Kier alpha value is -1.11. The zero-order chi connectivity index (χ0) is 17.8. The molecule has 2 spiro atoms. The molecule has 5 nitrogen and oxygen atoms in total. The smallest absolute Gasteiger partial charge is 0.168 e. The number of aliphatic hydroxyl groups is 2. The molecule has 25 heavy (non-hydrogen) atoms. The van der Waals surface area contributed by atoms with Crippen molar-refractivity contribution in [3.05, 3.63) is 39.6 Å². The van der Waals surface area contributed by atoms with Crippen LogP contribution in [0, 0.1) is 13.8 Å². The number of aliphatic hydroxyl groups excluding tert-OH is 2. The maximum absolute atomic E-state index is 11.1. The van der Waals surface area contributed by atoms with E-state index in [9.17, 15) is 10.2 Å². The molecule has 1 aliphatic carbocycles. The molecule has 2 heterocycles. The Balaban J connectivity index is 1.70. The molecule has 3 aliphatic rings. The minimum atomic E-state index is -0.905. The molecular weight excluding hydrogens is 342 g/mol. The number of aryl methyl sites for hydroxylation is 2. The molecule has 1 atom stereocenters. The predicted molar refractivity (Wildman–Crippen MR) is 95.5 cm³/mol. The highest BCUT2D eigenvalue weighted by molar-refractivity contribution is 6.30. The summed E-state index contributed by atoms with van der Waals surface area (Å²) >= 11 is 6.13. The van der Waals surface area contributed by atoms with Crippen LogP contribution in [-0.2, 0) is 9.47 Å². The van der Waals surface area contributed by atoms with E-state index in [2.05, 4.69) is 5.32 Å². The van der Waals surface area contributed by atoms with Crippen LogP contribution < -0.4 is 5.32 Å². The van der Waals surface area contributed by atoms with E-state index in [1.165, 1.54) is 0 Å². The van der Waals surface area contributed by atoms with E-state index in [1.807, 2.05) is 26.0 Å². The minimum Gasteiger partial charge on any atom is -0.510 e. The van der Waals surface area contributed by atoms with Crippen molar-refractivity contribution in [2.45, 2.75) is 57.1 Å². The first-order valence-corrected chi connectivity index (χ1v) is 9.18. The Morgan fingerprint density at radius 1 is 1.08 bits per heavy atom. The highest BCUT2D eigenvalue weighted by Gasteiger charge is 2.53. The third kappa shape index (κ3) is 2.69. The molecule has 1 saturated heterocycles.